The van der Waals surface area contributed by atoms with E-state index in [1.807, 2.05) is 39.9 Å². The summed E-state index contributed by atoms with van der Waals surface area (Å²) in [6, 6.07) is 12.5. The fourth-order valence-corrected chi connectivity index (χ4v) is 5.33. The van der Waals surface area contributed by atoms with Crippen LogP contribution in [0.25, 0.3) is 0 Å². The van der Waals surface area contributed by atoms with Gasteiger partial charge in [0.1, 0.15) is 5.69 Å². The molecule has 10 heteroatoms. The number of rotatable bonds is 7. The van der Waals surface area contributed by atoms with Crippen LogP contribution in [0.2, 0.25) is 0 Å². The van der Waals surface area contributed by atoms with Gasteiger partial charge in [-0.25, -0.2) is 0 Å². The zero-order valence-electron chi connectivity index (χ0n) is 18.2. The van der Waals surface area contributed by atoms with Gasteiger partial charge < -0.3 is 14.7 Å². The van der Waals surface area contributed by atoms with Crippen LogP contribution in [0.4, 0.5) is 11.4 Å². The summed E-state index contributed by atoms with van der Waals surface area (Å²) < 4.78 is 0. The van der Waals surface area contributed by atoms with Crippen LogP contribution in [-0.2, 0) is 17.9 Å². The molecule has 0 saturated carbocycles. The number of hydrogen-bond acceptors (Lipinski definition) is 7. The highest BCUT2D eigenvalue weighted by atomic mass is 32.1. The van der Waals surface area contributed by atoms with Gasteiger partial charge in [-0.3, -0.25) is 19.7 Å². The number of nitro groups is 1. The molecule has 1 fully saturated rings. The first-order valence-electron chi connectivity index (χ1n) is 10.6. The summed E-state index contributed by atoms with van der Waals surface area (Å²) in [6.07, 6.45) is 0. The molecule has 3 aromatic rings. The molecular weight excluding hydrogens is 460 g/mol. The first-order valence-corrected chi connectivity index (χ1v) is 12.3. The maximum atomic E-state index is 13.4. The van der Waals surface area contributed by atoms with Crippen LogP contribution in [-0.4, -0.2) is 52.7 Å². The van der Waals surface area contributed by atoms with Gasteiger partial charge in [0, 0.05) is 54.5 Å². The fourth-order valence-electron chi connectivity index (χ4n) is 3.90. The average molecular weight is 485 g/mol. The van der Waals surface area contributed by atoms with Gasteiger partial charge >= 0.3 is 0 Å². The maximum absolute atomic E-state index is 13.4. The van der Waals surface area contributed by atoms with E-state index in [1.54, 1.807) is 44.6 Å². The van der Waals surface area contributed by atoms with Gasteiger partial charge in [0.05, 0.1) is 18.0 Å². The highest BCUT2D eigenvalue weighted by molar-refractivity contribution is 7.10. The van der Waals surface area contributed by atoms with Crippen LogP contribution in [0.3, 0.4) is 0 Å². The molecule has 0 spiro atoms. The second-order valence-electron chi connectivity index (χ2n) is 7.77. The lowest BCUT2D eigenvalue weighted by Gasteiger charge is -2.35. The number of amides is 2. The Bertz CT molecular complexity index is 1090. The molecule has 1 saturated heterocycles. The standard InChI is InChI=1S/C23H24N4O4S2/c1-17(28)24-8-10-25(11-9-24)21-7-6-18(14-22(21)27(30)31)23(29)26(15-19-4-2-12-32-19)16-20-5-3-13-33-20/h2-7,12-14H,8-11,15-16H2,1H3. The molecule has 0 atom stereocenters. The van der Waals surface area contributed by atoms with Crippen molar-refractivity contribution in [3.63, 3.8) is 0 Å². The first kappa shape index (κ1) is 22.9. The average Bonchev–Trinajstić information content (AvgIpc) is 3.52. The van der Waals surface area contributed by atoms with Gasteiger partial charge in [0.25, 0.3) is 11.6 Å². The Morgan fingerprint density at radius 1 is 1.00 bits per heavy atom. The number of carbonyl (C=O) groups is 2. The molecule has 1 aliphatic rings. The zero-order valence-corrected chi connectivity index (χ0v) is 19.8. The predicted octanol–water partition coefficient (Wildman–Crippen LogP) is 4.23. The van der Waals surface area contributed by atoms with E-state index in [4.69, 9.17) is 0 Å². The van der Waals surface area contributed by atoms with E-state index in [1.165, 1.54) is 13.0 Å². The number of piperazine rings is 1. The molecule has 1 aromatic carbocycles. The van der Waals surface area contributed by atoms with Crippen molar-refractivity contribution in [3.05, 3.63) is 78.7 Å². The Kier molecular flexibility index (Phi) is 7.05. The molecule has 33 heavy (non-hydrogen) atoms. The van der Waals surface area contributed by atoms with E-state index in [0.717, 1.165) is 9.75 Å². The molecule has 0 bridgehead atoms. The molecule has 0 radical (unpaired) electrons. The summed E-state index contributed by atoms with van der Waals surface area (Å²) in [7, 11) is 0. The smallest absolute Gasteiger partial charge is 0.293 e. The molecule has 0 unspecified atom stereocenters. The highest BCUT2D eigenvalue weighted by Crippen LogP contribution is 2.31. The lowest BCUT2D eigenvalue weighted by Crippen LogP contribution is -2.48. The van der Waals surface area contributed by atoms with Gasteiger partial charge in [-0.05, 0) is 35.0 Å². The Labute approximate surface area is 199 Å². The van der Waals surface area contributed by atoms with E-state index in [-0.39, 0.29) is 17.5 Å². The molecule has 3 heterocycles. The zero-order chi connectivity index (χ0) is 23.4. The molecule has 0 N–H and O–H groups in total. The van der Waals surface area contributed by atoms with E-state index in [2.05, 4.69) is 0 Å². The molecule has 1 aliphatic heterocycles. The van der Waals surface area contributed by atoms with E-state index in [9.17, 15) is 19.7 Å². The summed E-state index contributed by atoms with van der Waals surface area (Å²) in [5.74, 6) is -0.241. The van der Waals surface area contributed by atoms with Crippen molar-refractivity contribution >= 4 is 45.9 Å². The largest absolute Gasteiger partial charge is 0.362 e. The van der Waals surface area contributed by atoms with Crippen molar-refractivity contribution in [1.82, 2.24) is 9.80 Å². The lowest BCUT2D eigenvalue weighted by molar-refractivity contribution is -0.384. The van der Waals surface area contributed by atoms with Gasteiger partial charge in [-0.1, -0.05) is 12.1 Å². The van der Waals surface area contributed by atoms with Crippen LogP contribution in [0.15, 0.2) is 53.2 Å². The van der Waals surface area contributed by atoms with Crippen LogP contribution >= 0.6 is 22.7 Å². The third kappa shape index (κ3) is 5.40. The summed E-state index contributed by atoms with van der Waals surface area (Å²) in [5, 5.41) is 15.8. The number of anilines is 1. The number of thiophene rings is 2. The normalized spacial score (nSPS) is 13.7. The molecule has 0 aliphatic carbocycles. The number of nitro benzene ring substituents is 1. The summed E-state index contributed by atoms with van der Waals surface area (Å²) in [5.41, 5.74) is 0.674. The van der Waals surface area contributed by atoms with E-state index < -0.39 is 4.92 Å². The summed E-state index contributed by atoms with van der Waals surface area (Å²) in [4.78, 5) is 43.9. The van der Waals surface area contributed by atoms with E-state index in [0.29, 0.717) is 50.5 Å². The van der Waals surface area contributed by atoms with Crippen LogP contribution < -0.4 is 4.90 Å². The van der Waals surface area contributed by atoms with Crippen LogP contribution in [0.5, 0.6) is 0 Å². The Morgan fingerprint density at radius 2 is 1.61 bits per heavy atom. The monoisotopic (exact) mass is 484 g/mol. The van der Waals surface area contributed by atoms with Crippen molar-refractivity contribution in [1.29, 1.82) is 0 Å². The fraction of sp³-hybridized carbons (Fsp3) is 0.304. The van der Waals surface area contributed by atoms with E-state index >= 15 is 0 Å². The minimum Gasteiger partial charge on any atom is -0.362 e. The Morgan fingerprint density at radius 3 is 2.09 bits per heavy atom. The second kappa shape index (κ2) is 10.1. The van der Waals surface area contributed by atoms with Gasteiger partial charge in [-0.2, -0.15) is 0 Å². The number of nitrogens with zero attached hydrogens (tertiary/aromatic N) is 4. The summed E-state index contributed by atoms with van der Waals surface area (Å²) >= 11 is 3.15. The van der Waals surface area contributed by atoms with Gasteiger partial charge in [0.2, 0.25) is 5.91 Å². The summed E-state index contributed by atoms with van der Waals surface area (Å²) in [6.45, 7) is 4.46. The Hall–Kier alpha value is -3.24. The number of benzene rings is 1. The topological polar surface area (TPSA) is 87.0 Å². The van der Waals surface area contributed by atoms with Gasteiger partial charge in [-0.15, -0.1) is 22.7 Å². The quantitative estimate of drug-likeness (QED) is 0.370. The SMILES string of the molecule is CC(=O)N1CCN(c2ccc(C(=O)N(Cc3cccs3)Cc3cccs3)cc2[N+](=O)[O-])CC1. The Balaban J connectivity index is 1.58. The minimum atomic E-state index is -0.438. The molecule has 172 valence electrons. The van der Waals surface area contributed by atoms with Crippen molar-refractivity contribution in [3.8, 4) is 0 Å². The highest BCUT2D eigenvalue weighted by Gasteiger charge is 2.27. The second-order valence-corrected chi connectivity index (χ2v) is 9.84. The van der Waals surface area contributed by atoms with Crippen LogP contribution in [0.1, 0.15) is 27.0 Å². The third-order valence-corrected chi connectivity index (χ3v) is 7.35. The number of hydrogen-bond donors (Lipinski definition) is 0. The molecular formula is C23H24N4O4S2. The minimum absolute atomic E-state index is 0.00154. The van der Waals surface area contributed by atoms with Crippen molar-refractivity contribution < 1.29 is 14.5 Å². The van der Waals surface area contributed by atoms with Crippen molar-refractivity contribution in [2.45, 2.75) is 20.0 Å². The maximum Gasteiger partial charge on any atom is 0.293 e. The predicted molar refractivity (Wildman–Crippen MR) is 130 cm³/mol. The molecule has 2 aromatic heterocycles. The third-order valence-electron chi connectivity index (χ3n) is 5.63. The van der Waals surface area contributed by atoms with Crippen LogP contribution in [0, 0.1) is 10.1 Å². The van der Waals surface area contributed by atoms with Gasteiger partial charge in [0.15, 0.2) is 0 Å². The number of carbonyl (C=O) groups excluding carboxylic acids is 2. The first-order chi connectivity index (χ1) is 15.9. The molecule has 2 amide bonds. The van der Waals surface area contributed by atoms with Crippen molar-refractivity contribution in [2.24, 2.45) is 0 Å². The van der Waals surface area contributed by atoms with Crippen molar-refractivity contribution in [2.75, 3.05) is 31.1 Å². The molecule has 8 nitrogen and oxygen atoms in total. The molecule has 4 rings (SSSR count). The lowest BCUT2D eigenvalue weighted by atomic mass is 10.1.